The fourth-order valence-corrected chi connectivity index (χ4v) is 3.82. The summed E-state index contributed by atoms with van der Waals surface area (Å²) in [6.45, 7) is 0. The van der Waals surface area contributed by atoms with Crippen LogP contribution in [0.1, 0.15) is 37.7 Å². The van der Waals surface area contributed by atoms with E-state index in [9.17, 15) is 10.3 Å². The minimum absolute atomic E-state index is 0.00777. The summed E-state index contributed by atoms with van der Waals surface area (Å²) in [5.41, 5.74) is 6.84. The van der Waals surface area contributed by atoms with Gasteiger partial charge in [-0.1, -0.05) is 25.3 Å². The monoisotopic (exact) mass is 350 g/mol. The molecule has 0 saturated heterocycles. The van der Waals surface area contributed by atoms with Crippen molar-refractivity contribution in [1.82, 2.24) is 5.06 Å². The Bertz CT molecular complexity index is 982. The molecule has 1 aliphatic carbocycles. The summed E-state index contributed by atoms with van der Waals surface area (Å²) in [6, 6.07) is 5.39. The SMILES string of the molecule is N=C(N)c1ccc2c(c1)=CC(=C1C=CC=C(C3(O)CCCCC3)N1O)N=2. The van der Waals surface area contributed by atoms with Gasteiger partial charge in [-0.25, -0.2) is 10.1 Å². The standard InChI is InChI=1S/C20H22N4O2/c21-19(22)13-7-8-15-14(11-13)12-16(23-15)17-5-4-6-18(24(17)26)20(25)9-2-1-3-10-20/h4-8,11-12,25-26H,1-3,9-10H2,(H3,21,22). The van der Waals surface area contributed by atoms with E-state index in [4.69, 9.17) is 11.1 Å². The lowest BCUT2D eigenvalue weighted by Gasteiger charge is -2.39. The first-order valence-electron chi connectivity index (χ1n) is 8.87. The maximum atomic E-state index is 11.0. The van der Waals surface area contributed by atoms with Crippen LogP contribution in [-0.4, -0.2) is 26.8 Å². The van der Waals surface area contributed by atoms with E-state index in [1.165, 1.54) is 0 Å². The normalized spacial score (nSPS) is 23.8. The third kappa shape index (κ3) is 2.77. The number of benzene rings is 1. The number of hydrogen-bond donors (Lipinski definition) is 4. The van der Waals surface area contributed by atoms with Crippen LogP contribution in [0.5, 0.6) is 0 Å². The van der Waals surface area contributed by atoms with Crippen LogP contribution >= 0.6 is 0 Å². The lowest BCUT2D eigenvalue weighted by Crippen LogP contribution is -2.41. The molecule has 0 radical (unpaired) electrons. The minimum Gasteiger partial charge on any atom is -0.384 e. The van der Waals surface area contributed by atoms with Gasteiger partial charge >= 0.3 is 0 Å². The molecular formula is C20H22N4O2. The van der Waals surface area contributed by atoms with Crippen molar-refractivity contribution < 1.29 is 10.3 Å². The van der Waals surface area contributed by atoms with Crippen molar-refractivity contribution in [3.05, 3.63) is 69.7 Å². The van der Waals surface area contributed by atoms with E-state index >= 15 is 0 Å². The molecule has 1 saturated carbocycles. The Labute approximate surface area is 151 Å². The highest BCUT2D eigenvalue weighted by Gasteiger charge is 2.38. The fraction of sp³-hybridized carbons (Fsp3) is 0.300. The highest BCUT2D eigenvalue weighted by Crippen LogP contribution is 2.38. The molecule has 0 unspecified atom stereocenters. The Kier molecular flexibility index (Phi) is 4.01. The van der Waals surface area contributed by atoms with Gasteiger partial charge < -0.3 is 10.8 Å². The summed E-state index contributed by atoms with van der Waals surface area (Å²) in [4.78, 5) is 4.58. The van der Waals surface area contributed by atoms with E-state index in [-0.39, 0.29) is 5.84 Å². The van der Waals surface area contributed by atoms with Crippen molar-refractivity contribution in [1.29, 1.82) is 5.41 Å². The first-order chi connectivity index (χ1) is 12.5. The Hall–Kier alpha value is -2.70. The number of hydroxylamine groups is 2. The third-order valence-electron chi connectivity index (χ3n) is 5.26. The van der Waals surface area contributed by atoms with Crippen molar-refractivity contribution in [2.24, 2.45) is 10.7 Å². The molecule has 2 heterocycles. The second kappa shape index (κ2) is 6.23. The summed E-state index contributed by atoms with van der Waals surface area (Å²) >= 11 is 0. The van der Waals surface area contributed by atoms with Gasteiger partial charge in [0.15, 0.2) is 0 Å². The zero-order chi connectivity index (χ0) is 18.3. The second-order valence-corrected chi connectivity index (χ2v) is 7.03. The summed E-state index contributed by atoms with van der Waals surface area (Å²) < 4.78 is 0. The average Bonchev–Trinajstić information content (AvgIpc) is 3.05. The number of nitrogens with one attached hydrogen (secondary N) is 1. The number of nitrogens with two attached hydrogens (primary N) is 1. The number of nitrogens with zero attached hydrogens (tertiary/aromatic N) is 2. The number of rotatable bonds is 2. The van der Waals surface area contributed by atoms with Gasteiger partial charge in [0.25, 0.3) is 0 Å². The molecule has 1 aromatic carbocycles. The topological polar surface area (TPSA) is 106 Å². The lowest BCUT2D eigenvalue weighted by molar-refractivity contribution is -0.0783. The van der Waals surface area contributed by atoms with Crippen LogP contribution in [0, 0.1) is 5.41 Å². The fourth-order valence-electron chi connectivity index (χ4n) is 3.82. The van der Waals surface area contributed by atoms with Gasteiger partial charge in [-0.15, -0.1) is 0 Å². The van der Waals surface area contributed by atoms with E-state index in [1.807, 2.05) is 24.3 Å². The quantitative estimate of drug-likeness (QED) is 0.478. The summed E-state index contributed by atoms with van der Waals surface area (Å²) in [5, 5.41) is 32.0. The molecular weight excluding hydrogens is 328 g/mol. The van der Waals surface area contributed by atoms with Gasteiger partial charge in [0.05, 0.1) is 22.4 Å². The highest BCUT2D eigenvalue weighted by atomic mass is 16.5. The van der Waals surface area contributed by atoms with Gasteiger partial charge in [0, 0.05) is 10.8 Å². The molecule has 1 aromatic rings. The second-order valence-electron chi connectivity index (χ2n) is 7.03. The first-order valence-corrected chi connectivity index (χ1v) is 8.87. The van der Waals surface area contributed by atoms with Crippen LogP contribution in [0.2, 0.25) is 0 Å². The largest absolute Gasteiger partial charge is 0.384 e. The molecule has 6 nitrogen and oxygen atoms in total. The van der Waals surface area contributed by atoms with Crippen LogP contribution in [0.15, 0.2) is 58.5 Å². The molecule has 6 heteroatoms. The van der Waals surface area contributed by atoms with Crippen LogP contribution < -0.4 is 16.3 Å². The Morgan fingerprint density at radius 2 is 2.00 bits per heavy atom. The number of amidine groups is 1. The van der Waals surface area contributed by atoms with Crippen molar-refractivity contribution in [2.75, 3.05) is 0 Å². The van der Waals surface area contributed by atoms with E-state index in [2.05, 4.69) is 4.99 Å². The van der Waals surface area contributed by atoms with E-state index in [1.54, 1.807) is 18.2 Å². The molecule has 0 atom stereocenters. The number of fused-ring (bicyclic) bond motifs is 1. The predicted molar refractivity (Wildman–Crippen MR) is 98.6 cm³/mol. The van der Waals surface area contributed by atoms with Crippen molar-refractivity contribution >= 4 is 11.9 Å². The van der Waals surface area contributed by atoms with Gasteiger partial charge in [0.2, 0.25) is 0 Å². The van der Waals surface area contributed by atoms with Crippen LogP contribution in [0.3, 0.4) is 0 Å². The first kappa shape index (κ1) is 16.8. The number of hydrogen-bond acceptors (Lipinski definition) is 5. The van der Waals surface area contributed by atoms with Gasteiger partial charge in [-0.2, -0.15) is 0 Å². The molecule has 4 rings (SSSR count). The smallest absolute Gasteiger partial charge is 0.122 e. The Balaban J connectivity index is 1.73. The van der Waals surface area contributed by atoms with Crippen molar-refractivity contribution in [3.63, 3.8) is 0 Å². The van der Waals surface area contributed by atoms with E-state index < -0.39 is 5.60 Å². The van der Waals surface area contributed by atoms with Crippen LogP contribution in [0.4, 0.5) is 0 Å². The van der Waals surface area contributed by atoms with Gasteiger partial charge in [-0.05, 0) is 49.3 Å². The molecule has 5 N–H and O–H groups in total. The van der Waals surface area contributed by atoms with E-state index in [0.717, 1.165) is 34.9 Å². The number of allylic oxidation sites excluding steroid dienone is 4. The average molecular weight is 350 g/mol. The van der Waals surface area contributed by atoms with Gasteiger partial charge in [0.1, 0.15) is 11.4 Å². The Morgan fingerprint density at radius 3 is 2.73 bits per heavy atom. The maximum Gasteiger partial charge on any atom is 0.122 e. The Morgan fingerprint density at radius 1 is 1.23 bits per heavy atom. The maximum absolute atomic E-state index is 11.0. The zero-order valence-corrected chi connectivity index (χ0v) is 14.4. The molecule has 134 valence electrons. The molecule has 0 amide bonds. The van der Waals surface area contributed by atoms with Crippen molar-refractivity contribution in [2.45, 2.75) is 37.7 Å². The lowest BCUT2D eigenvalue weighted by atomic mass is 9.81. The molecule has 0 bridgehead atoms. The zero-order valence-electron chi connectivity index (χ0n) is 14.4. The van der Waals surface area contributed by atoms with Crippen molar-refractivity contribution in [3.8, 4) is 0 Å². The molecule has 1 fully saturated rings. The molecule has 2 aliphatic heterocycles. The summed E-state index contributed by atoms with van der Waals surface area (Å²) in [7, 11) is 0. The summed E-state index contributed by atoms with van der Waals surface area (Å²) in [5.74, 6) is 0.00777. The molecule has 0 aromatic heterocycles. The molecule has 26 heavy (non-hydrogen) atoms. The minimum atomic E-state index is -1.00. The number of nitrogen functional groups attached to an aromatic ring is 1. The van der Waals surface area contributed by atoms with Crippen LogP contribution in [0.25, 0.3) is 6.08 Å². The molecule has 0 spiro atoms. The molecule has 3 aliphatic rings. The van der Waals surface area contributed by atoms with Gasteiger partial charge in [-0.3, -0.25) is 10.6 Å². The highest BCUT2D eigenvalue weighted by molar-refractivity contribution is 5.94. The third-order valence-corrected chi connectivity index (χ3v) is 5.26. The summed E-state index contributed by atoms with van der Waals surface area (Å²) in [6.07, 6.45) is 11.6. The number of aliphatic hydroxyl groups is 1. The van der Waals surface area contributed by atoms with Crippen LogP contribution in [-0.2, 0) is 0 Å². The van der Waals surface area contributed by atoms with E-state index in [0.29, 0.717) is 35.5 Å². The predicted octanol–water partition coefficient (Wildman–Crippen LogP) is 1.44.